The van der Waals surface area contributed by atoms with Gasteiger partial charge in [0.15, 0.2) is 0 Å². The normalized spacial score (nSPS) is 12.7. The number of hydrogen-bond donors (Lipinski definition) is 1. The number of rotatable bonds is 4. The van der Waals surface area contributed by atoms with Crippen LogP contribution in [0.2, 0.25) is 0 Å². The maximum Gasteiger partial charge on any atom is 0.146 e. The first-order valence-electron chi connectivity index (χ1n) is 3.35. The quantitative estimate of drug-likeness (QED) is 0.614. The van der Waals surface area contributed by atoms with E-state index < -0.39 is 6.04 Å². The molecular formula is C7H13NO2. The summed E-state index contributed by atoms with van der Waals surface area (Å²) in [6.45, 7) is 3.16. The molecule has 0 aromatic heterocycles. The standard InChI is InChI=1S/C7H13NO2/c1-3-6(10)4-7(8)5(2)9/h7H,3-4,8H2,1-2H3/t7-/m0/s1. The highest BCUT2D eigenvalue weighted by Crippen LogP contribution is 1.94. The highest BCUT2D eigenvalue weighted by molar-refractivity contribution is 5.88. The molecule has 0 spiro atoms. The van der Waals surface area contributed by atoms with Crippen LogP contribution in [0.1, 0.15) is 26.7 Å². The molecule has 3 nitrogen and oxygen atoms in total. The smallest absolute Gasteiger partial charge is 0.146 e. The fourth-order valence-electron chi connectivity index (χ4n) is 0.533. The van der Waals surface area contributed by atoms with Gasteiger partial charge in [-0.05, 0) is 6.92 Å². The van der Waals surface area contributed by atoms with Gasteiger partial charge in [0.05, 0.1) is 6.04 Å². The molecule has 0 radical (unpaired) electrons. The lowest BCUT2D eigenvalue weighted by atomic mass is 10.1. The first kappa shape index (κ1) is 9.30. The Labute approximate surface area is 60.6 Å². The van der Waals surface area contributed by atoms with E-state index in [1.165, 1.54) is 6.92 Å². The molecule has 0 fully saturated rings. The summed E-state index contributed by atoms with van der Waals surface area (Å²) >= 11 is 0. The fraction of sp³-hybridized carbons (Fsp3) is 0.714. The monoisotopic (exact) mass is 143 g/mol. The predicted octanol–water partition coefficient (Wildman–Crippen LogP) is 0.272. The summed E-state index contributed by atoms with van der Waals surface area (Å²) in [5.74, 6) is -0.0792. The van der Waals surface area contributed by atoms with Crippen LogP contribution in [0.25, 0.3) is 0 Å². The topological polar surface area (TPSA) is 60.2 Å². The summed E-state index contributed by atoms with van der Waals surface area (Å²) in [6, 6.07) is -0.590. The van der Waals surface area contributed by atoms with Crippen LogP contribution in [-0.4, -0.2) is 17.6 Å². The molecule has 0 amide bonds. The van der Waals surface area contributed by atoms with E-state index in [4.69, 9.17) is 5.73 Å². The lowest BCUT2D eigenvalue weighted by Crippen LogP contribution is -2.30. The van der Waals surface area contributed by atoms with Crippen LogP contribution in [0.3, 0.4) is 0 Å². The number of hydrogen-bond acceptors (Lipinski definition) is 3. The van der Waals surface area contributed by atoms with Crippen molar-refractivity contribution in [3.05, 3.63) is 0 Å². The average molecular weight is 143 g/mol. The lowest BCUT2D eigenvalue weighted by Gasteiger charge is -2.03. The molecule has 1 atom stereocenters. The van der Waals surface area contributed by atoms with Crippen molar-refractivity contribution in [1.29, 1.82) is 0 Å². The molecule has 0 saturated heterocycles. The summed E-state index contributed by atoms with van der Waals surface area (Å²) in [5, 5.41) is 0. The number of carbonyl (C=O) groups is 2. The van der Waals surface area contributed by atoms with Crippen LogP contribution in [0, 0.1) is 0 Å². The molecule has 0 rings (SSSR count). The van der Waals surface area contributed by atoms with Crippen molar-refractivity contribution in [2.45, 2.75) is 32.7 Å². The minimum absolute atomic E-state index is 0.0442. The van der Waals surface area contributed by atoms with Gasteiger partial charge in [-0.25, -0.2) is 0 Å². The summed E-state index contributed by atoms with van der Waals surface area (Å²) in [5.41, 5.74) is 5.32. The van der Waals surface area contributed by atoms with Gasteiger partial charge in [0.25, 0.3) is 0 Å². The van der Waals surface area contributed by atoms with Crippen molar-refractivity contribution in [2.24, 2.45) is 5.73 Å². The zero-order chi connectivity index (χ0) is 8.15. The Morgan fingerprint density at radius 2 is 2.00 bits per heavy atom. The van der Waals surface area contributed by atoms with Crippen LogP contribution < -0.4 is 5.73 Å². The van der Waals surface area contributed by atoms with Gasteiger partial charge in [-0.3, -0.25) is 9.59 Å². The average Bonchev–Trinajstić information content (AvgIpc) is 1.87. The Morgan fingerprint density at radius 1 is 1.50 bits per heavy atom. The van der Waals surface area contributed by atoms with Crippen molar-refractivity contribution in [1.82, 2.24) is 0 Å². The van der Waals surface area contributed by atoms with E-state index in [9.17, 15) is 9.59 Å². The number of ketones is 2. The van der Waals surface area contributed by atoms with Crippen molar-refractivity contribution in [3.63, 3.8) is 0 Å². The van der Waals surface area contributed by atoms with E-state index in [0.29, 0.717) is 6.42 Å². The maximum atomic E-state index is 10.7. The molecule has 10 heavy (non-hydrogen) atoms. The molecule has 2 N–H and O–H groups in total. The van der Waals surface area contributed by atoms with Crippen molar-refractivity contribution >= 4 is 11.6 Å². The van der Waals surface area contributed by atoms with Gasteiger partial charge in [-0.2, -0.15) is 0 Å². The highest BCUT2D eigenvalue weighted by Gasteiger charge is 2.11. The van der Waals surface area contributed by atoms with Gasteiger partial charge in [0.1, 0.15) is 11.6 Å². The summed E-state index contributed by atoms with van der Waals surface area (Å²) < 4.78 is 0. The maximum absolute atomic E-state index is 10.7. The summed E-state index contributed by atoms with van der Waals surface area (Å²) in [7, 11) is 0. The second kappa shape index (κ2) is 4.17. The predicted molar refractivity (Wildman–Crippen MR) is 38.6 cm³/mol. The van der Waals surface area contributed by atoms with Gasteiger partial charge in [0, 0.05) is 12.8 Å². The fourth-order valence-corrected chi connectivity index (χ4v) is 0.533. The molecule has 0 aliphatic rings. The molecule has 0 aromatic carbocycles. The Kier molecular flexibility index (Phi) is 3.88. The molecule has 0 aliphatic heterocycles. The van der Waals surface area contributed by atoms with Gasteiger partial charge in [-0.15, -0.1) is 0 Å². The third-order valence-corrected chi connectivity index (χ3v) is 1.36. The van der Waals surface area contributed by atoms with Gasteiger partial charge >= 0.3 is 0 Å². The van der Waals surface area contributed by atoms with E-state index in [2.05, 4.69) is 0 Å². The minimum atomic E-state index is -0.590. The summed E-state index contributed by atoms with van der Waals surface area (Å²) in [4.78, 5) is 21.2. The van der Waals surface area contributed by atoms with E-state index in [-0.39, 0.29) is 18.0 Å². The first-order valence-corrected chi connectivity index (χ1v) is 3.35. The second-order valence-corrected chi connectivity index (χ2v) is 2.31. The number of carbonyl (C=O) groups excluding carboxylic acids is 2. The van der Waals surface area contributed by atoms with Crippen molar-refractivity contribution in [2.75, 3.05) is 0 Å². The van der Waals surface area contributed by atoms with Crippen LogP contribution in [0.4, 0.5) is 0 Å². The molecule has 0 heterocycles. The molecule has 0 aromatic rings. The number of nitrogens with two attached hydrogens (primary N) is 1. The zero-order valence-corrected chi connectivity index (χ0v) is 6.39. The Hall–Kier alpha value is -0.700. The minimum Gasteiger partial charge on any atom is -0.321 e. The van der Waals surface area contributed by atoms with Crippen molar-refractivity contribution in [3.8, 4) is 0 Å². The summed E-state index contributed by atoms with van der Waals surface area (Å²) in [6.07, 6.45) is 0.646. The molecule has 58 valence electrons. The van der Waals surface area contributed by atoms with E-state index >= 15 is 0 Å². The number of Topliss-reactive ketones (excluding diaryl/α,β-unsaturated/α-hetero) is 2. The van der Waals surface area contributed by atoms with Crippen LogP contribution >= 0.6 is 0 Å². The molecule has 0 saturated carbocycles. The van der Waals surface area contributed by atoms with E-state index in [0.717, 1.165) is 0 Å². The van der Waals surface area contributed by atoms with E-state index in [1.807, 2.05) is 0 Å². The van der Waals surface area contributed by atoms with Crippen LogP contribution in [-0.2, 0) is 9.59 Å². The van der Waals surface area contributed by atoms with Crippen LogP contribution in [0.15, 0.2) is 0 Å². The highest BCUT2D eigenvalue weighted by atomic mass is 16.1. The van der Waals surface area contributed by atoms with Gasteiger partial charge in [-0.1, -0.05) is 6.92 Å². The van der Waals surface area contributed by atoms with Crippen molar-refractivity contribution < 1.29 is 9.59 Å². The second-order valence-electron chi connectivity index (χ2n) is 2.31. The molecule has 3 heteroatoms. The van der Waals surface area contributed by atoms with Crippen LogP contribution in [0.5, 0.6) is 0 Å². The van der Waals surface area contributed by atoms with Gasteiger partial charge in [0.2, 0.25) is 0 Å². The zero-order valence-electron chi connectivity index (χ0n) is 6.39. The molecule has 0 aliphatic carbocycles. The molecule has 0 unspecified atom stereocenters. The SMILES string of the molecule is CCC(=O)C[C@H](N)C(C)=O. The molecular weight excluding hydrogens is 130 g/mol. The Balaban J connectivity index is 3.68. The Bertz CT molecular complexity index is 143. The van der Waals surface area contributed by atoms with Gasteiger partial charge < -0.3 is 5.73 Å². The third-order valence-electron chi connectivity index (χ3n) is 1.36. The largest absolute Gasteiger partial charge is 0.321 e. The molecule has 0 bridgehead atoms. The Morgan fingerprint density at radius 3 is 2.30 bits per heavy atom. The third kappa shape index (κ3) is 3.35. The first-order chi connectivity index (χ1) is 4.57. The lowest BCUT2D eigenvalue weighted by molar-refractivity contribution is -0.124. The van der Waals surface area contributed by atoms with E-state index in [1.54, 1.807) is 6.92 Å².